The van der Waals surface area contributed by atoms with E-state index in [9.17, 15) is 0 Å². The van der Waals surface area contributed by atoms with Gasteiger partial charge in [-0.3, -0.25) is 0 Å². The van der Waals surface area contributed by atoms with Crippen LogP contribution in [0.2, 0.25) is 0 Å². The van der Waals surface area contributed by atoms with E-state index in [2.05, 4.69) is 50.9 Å². The Morgan fingerprint density at radius 3 is 2.31 bits per heavy atom. The smallest absolute Gasteiger partial charge is 0.0384 e. The molecule has 0 aliphatic heterocycles. The van der Waals surface area contributed by atoms with Gasteiger partial charge in [0.1, 0.15) is 0 Å². The maximum atomic E-state index is 3.84. The molecule has 16 heavy (non-hydrogen) atoms. The standard InChI is InChI=1S/C15H21N/c1-5-14(11-13(4)12(2)3)16-15-9-7-6-8-10-15/h5-13,16H,1H2,2-4H3/b14-11+. The molecule has 0 saturated carbocycles. The SMILES string of the molecule is C=C/C(=C\C(C)C(C)C)Nc1ccccc1. The quantitative estimate of drug-likeness (QED) is 0.715. The van der Waals surface area contributed by atoms with Crippen LogP contribution < -0.4 is 5.32 Å². The van der Waals surface area contributed by atoms with E-state index in [1.807, 2.05) is 24.3 Å². The van der Waals surface area contributed by atoms with E-state index in [0.29, 0.717) is 11.8 Å². The predicted octanol–water partition coefficient (Wildman–Crippen LogP) is 4.46. The van der Waals surface area contributed by atoms with Crippen molar-refractivity contribution in [3.63, 3.8) is 0 Å². The number of nitrogens with one attached hydrogen (secondary N) is 1. The molecule has 0 aliphatic rings. The van der Waals surface area contributed by atoms with Gasteiger partial charge in [0.25, 0.3) is 0 Å². The predicted molar refractivity (Wildman–Crippen MR) is 72.3 cm³/mol. The monoisotopic (exact) mass is 215 g/mol. The summed E-state index contributed by atoms with van der Waals surface area (Å²) in [5, 5.41) is 3.36. The fourth-order valence-corrected chi connectivity index (χ4v) is 1.32. The second kappa shape index (κ2) is 6.16. The molecular formula is C15H21N. The highest BCUT2D eigenvalue weighted by atomic mass is 14.9. The summed E-state index contributed by atoms with van der Waals surface area (Å²) in [5.41, 5.74) is 2.18. The number of anilines is 1. The van der Waals surface area contributed by atoms with Gasteiger partial charge in [0.2, 0.25) is 0 Å². The molecule has 0 amide bonds. The normalized spacial score (nSPS) is 13.6. The zero-order valence-electron chi connectivity index (χ0n) is 10.4. The molecule has 1 nitrogen and oxygen atoms in total. The Morgan fingerprint density at radius 1 is 1.19 bits per heavy atom. The molecule has 0 heterocycles. The van der Waals surface area contributed by atoms with Crippen LogP contribution in [0.15, 0.2) is 54.8 Å². The summed E-state index contributed by atoms with van der Waals surface area (Å²) in [6.45, 7) is 10.5. The van der Waals surface area contributed by atoms with E-state index in [4.69, 9.17) is 0 Å². The molecule has 0 radical (unpaired) electrons. The van der Waals surface area contributed by atoms with Gasteiger partial charge < -0.3 is 5.32 Å². The van der Waals surface area contributed by atoms with Crippen LogP contribution in [-0.4, -0.2) is 0 Å². The van der Waals surface area contributed by atoms with Crippen LogP contribution in [0.3, 0.4) is 0 Å². The van der Waals surface area contributed by atoms with Crippen LogP contribution in [0.4, 0.5) is 5.69 Å². The second-order valence-electron chi connectivity index (χ2n) is 4.42. The highest BCUT2D eigenvalue weighted by Crippen LogP contribution is 2.16. The zero-order chi connectivity index (χ0) is 12.0. The summed E-state index contributed by atoms with van der Waals surface area (Å²) < 4.78 is 0. The van der Waals surface area contributed by atoms with E-state index in [1.165, 1.54) is 0 Å². The molecule has 0 saturated heterocycles. The highest BCUT2D eigenvalue weighted by Gasteiger charge is 2.04. The maximum absolute atomic E-state index is 3.84. The minimum atomic E-state index is 0.546. The van der Waals surface area contributed by atoms with Crippen molar-refractivity contribution in [3.05, 3.63) is 54.8 Å². The van der Waals surface area contributed by atoms with Crippen LogP contribution in [-0.2, 0) is 0 Å². The minimum absolute atomic E-state index is 0.546. The molecule has 1 heteroatoms. The van der Waals surface area contributed by atoms with E-state index in [1.54, 1.807) is 0 Å². The van der Waals surface area contributed by atoms with Crippen molar-refractivity contribution in [1.82, 2.24) is 0 Å². The molecule has 0 aliphatic carbocycles. The molecule has 1 aromatic rings. The lowest BCUT2D eigenvalue weighted by molar-refractivity contribution is 0.503. The summed E-state index contributed by atoms with van der Waals surface area (Å²) in [4.78, 5) is 0. The molecule has 1 aromatic carbocycles. The summed E-state index contributed by atoms with van der Waals surface area (Å²) in [6, 6.07) is 10.2. The molecule has 1 rings (SSSR count). The Bertz CT molecular complexity index is 349. The van der Waals surface area contributed by atoms with Crippen molar-refractivity contribution in [3.8, 4) is 0 Å². The third-order valence-corrected chi connectivity index (χ3v) is 2.78. The molecule has 0 spiro atoms. The van der Waals surface area contributed by atoms with E-state index >= 15 is 0 Å². The number of hydrogen-bond donors (Lipinski definition) is 1. The molecule has 0 aromatic heterocycles. The van der Waals surface area contributed by atoms with E-state index in [-0.39, 0.29) is 0 Å². The lowest BCUT2D eigenvalue weighted by Gasteiger charge is -2.14. The molecule has 0 fully saturated rings. The van der Waals surface area contributed by atoms with Crippen LogP contribution >= 0.6 is 0 Å². The molecule has 1 atom stereocenters. The first kappa shape index (κ1) is 12.6. The zero-order valence-corrected chi connectivity index (χ0v) is 10.4. The first-order chi connectivity index (χ1) is 7.63. The average molecular weight is 215 g/mol. The van der Waals surface area contributed by atoms with Gasteiger partial charge in [0.05, 0.1) is 0 Å². The number of benzene rings is 1. The number of allylic oxidation sites excluding steroid dienone is 2. The Morgan fingerprint density at radius 2 is 1.81 bits per heavy atom. The van der Waals surface area contributed by atoms with Gasteiger partial charge in [-0.05, 0) is 30.0 Å². The summed E-state index contributed by atoms with van der Waals surface area (Å²) >= 11 is 0. The van der Waals surface area contributed by atoms with Gasteiger partial charge in [-0.15, -0.1) is 0 Å². The summed E-state index contributed by atoms with van der Waals surface area (Å²) in [6.07, 6.45) is 4.09. The topological polar surface area (TPSA) is 12.0 Å². The first-order valence-electron chi connectivity index (χ1n) is 5.79. The van der Waals surface area contributed by atoms with Crippen LogP contribution in [0.5, 0.6) is 0 Å². The van der Waals surface area contributed by atoms with Crippen molar-refractivity contribution in [2.75, 3.05) is 5.32 Å². The Labute approximate surface area is 98.9 Å². The minimum Gasteiger partial charge on any atom is -0.356 e. The lowest BCUT2D eigenvalue weighted by Crippen LogP contribution is -2.04. The van der Waals surface area contributed by atoms with Crippen molar-refractivity contribution < 1.29 is 0 Å². The fourth-order valence-electron chi connectivity index (χ4n) is 1.32. The van der Waals surface area contributed by atoms with Crippen LogP contribution in [0.25, 0.3) is 0 Å². The highest BCUT2D eigenvalue weighted by molar-refractivity contribution is 5.50. The van der Waals surface area contributed by atoms with Gasteiger partial charge in [-0.25, -0.2) is 0 Å². The van der Waals surface area contributed by atoms with Gasteiger partial charge >= 0.3 is 0 Å². The third-order valence-electron chi connectivity index (χ3n) is 2.78. The van der Waals surface area contributed by atoms with E-state index in [0.717, 1.165) is 11.4 Å². The van der Waals surface area contributed by atoms with Gasteiger partial charge in [-0.1, -0.05) is 51.6 Å². The third kappa shape index (κ3) is 3.93. The van der Waals surface area contributed by atoms with E-state index < -0.39 is 0 Å². The van der Waals surface area contributed by atoms with Crippen molar-refractivity contribution in [1.29, 1.82) is 0 Å². The molecule has 1 unspecified atom stereocenters. The van der Waals surface area contributed by atoms with Gasteiger partial charge in [-0.2, -0.15) is 0 Å². The maximum Gasteiger partial charge on any atom is 0.0384 e. The van der Waals surface area contributed by atoms with Gasteiger partial charge in [0, 0.05) is 11.4 Å². The number of rotatable bonds is 5. The Balaban J connectivity index is 2.73. The largest absolute Gasteiger partial charge is 0.356 e. The number of para-hydroxylation sites is 1. The van der Waals surface area contributed by atoms with Crippen LogP contribution in [0.1, 0.15) is 20.8 Å². The molecular weight excluding hydrogens is 194 g/mol. The molecule has 0 bridgehead atoms. The molecule has 86 valence electrons. The Hall–Kier alpha value is -1.50. The Kier molecular flexibility index (Phi) is 4.84. The van der Waals surface area contributed by atoms with Gasteiger partial charge in [0.15, 0.2) is 0 Å². The number of hydrogen-bond acceptors (Lipinski definition) is 1. The second-order valence-corrected chi connectivity index (χ2v) is 4.42. The lowest BCUT2D eigenvalue weighted by atomic mass is 9.97. The summed E-state index contributed by atoms with van der Waals surface area (Å²) in [7, 11) is 0. The molecule has 1 N–H and O–H groups in total. The summed E-state index contributed by atoms with van der Waals surface area (Å²) in [5.74, 6) is 1.19. The van der Waals surface area contributed by atoms with Crippen molar-refractivity contribution in [2.45, 2.75) is 20.8 Å². The van der Waals surface area contributed by atoms with Crippen LogP contribution in [0, 0.1) is 11.8 Å². The average Bonchev–Trinajstić information content (AvgIpc) is 2.29. The first-order valence-corrected chi connectivity index (χ1v) is 5.79. The fraction of sp³-hybridized carbons (Fsp3) is 0.333. The van der Waals surface area contributed by atoms with Crippen molar-refractivity contribution in [2.24, 2.45) is 11.8 Å². The van der Waals surface area contributed by atoms with Crippen molar-refractivity contribution >= 4 is 5.69 Å².